The minimum atomic E-state index is -0.307. The summed E-state index contributed by atoms with van der Waals surface area (Å²) < 4.78 is 5.48. The van der Waals surface area contributed by atoms with Gasteiger partial charge in [-0.1, -0.05) is 19.9 Å². The lowest BCUT2D eigenvalue weighted by molar-refractivity contribution is -0.154. The summed E-state index contributed by atoms with van der Waals surface area (Å²) in [6.07, 6.45) is 5.44. The van der Waals surface area contributed by atoms with Crippen LogP contribution in [0, 0.1) is 0 Å². The van der Waals surface area contributed by atoms with Crippen molar-refractivity contribution in [2.45, 2.75) is 77.5 Å². The van der Waals surface area contributed by atoms with Gasteiger partial charge >= 0.3 is 5.97 Å². The van der Waals surface area contributed by atoms with Crippen LogP contribution in [-0.2, 0) is 9.53 Å². The van der Waals surface area contributed by atoms with Crippen LogP contribution in [0.25, 0.3) is 0 Å². The molecular formula is C16H29NO2. The summed E-state index contributed by atoms with van der Waals surface area (Å²) in [7, 11) is 0. The maximum Gasteiger partial charge on any atom is 0.330 e. The molecule has 0 aromatic carbocycles. The second-order valence-corrected chi connectivity index (χ2v) is 6.80. The molecule has 1 saturated heterocycles. The van der Waals surface area contributed by atoms with Crippen LogP contribution in [0.5, 0.6) is 0 Å². The Balaban J connectivity index is 2.80. The molecule has 0 atom stereocenters. The molecule has 0 aromatic heterocycles. The van der Waals surface area contributed by atoms with E-state index in [0.717, 1.165) is 19.4 Å². The Morgan fingerprint density at radius 3 is 2.26 bits per heavy atom. The number of carbonyl (C=O) groups excluding carboxylic acids is 1. The van der Waals surface area contributed by atoms with Crippen molar-refractivity contribution in [1.29, 1.82) is 0 Å². The fourth-order valence-corrected chi connectivity index (χ4v) is 3.44. The highest BCUT2D eigenvalue weighted by Gasteiger charge is 2.45. The fraction of sp³-hybridized carbons (Fsp3) is 0.812. The van der Waals surface area contributed by atoms with Crippen molar-refractivity contribution in [2.75, 3.05) is 6.54 Å². The van der Waals surface area contributed by atoms with E-state index in [1.54, 1.807) is 0 Å². The normalized spacial score (nSPS) is 23.0. The molecule has 19 heavy (non-hydrogen) atoms. The predicted octanol–water partition coefficient (Wildman–Crippen LogP) is 3.54. The highest BCUT2D eigenvalue weighted by atomic mass is 16.5. The van der Waals surface area contributed by atoms with Crippen LogP contribution >= 0.6 is 0 Å². The fourth-order valence-electron chi connectivity index (χ4n) is 3.44. The molecule has 1 aliphatic rings. The number of likely N-dealkylation sites (tertiary alicyclic amines) is 1. The Morgan fingerprint density at radius 1 is 1.32 bits per heavy atom. The summed E-state index contributed by atoms with van der Waals surface area (Å²) in [6, 6.07) is 0. The monoisotopic (exact) mass is 267 g/mol. The van der Waals surface area contributed by atoms with E-state index in [1.807, 2.05) is 0 Å². The van der Waals surface area contributed by atoms with Crippen molar-refractivity contribution >= 4 is 5.97 Å². The summed E-state index contributed by atoms with van der Waals surface area (Å²) in [5.74, 6) is -0.307. The highest BCUT2D eigenvalue weighted by molar-refractivity contribution is 5.81. The predicted molar refractivity (Wildman–Crippen MR) is 79.1 cm³/mol. The first-order chi connectivity index (χ1) is 8.73. The van der Waals surface area contributed by atoms with Crippen molar-refractivity contribution in [3.8, 4) is 0 Å². The third-order valence-corrected chi connectivity index (χ3v) is 4.10. The molecule has 110 valence electrons. The lowest BCUT2D eigenvalue weighted by atomic mass is 9.78. The molecule has 0 saturated carbocycles. The molecule has 0 aliphatic carbocycles. The van der Waals surface area contributed by atoms with E-state index in [9.17, 15) is 4.79 Å². The molecule has 0 radical (unpaired) electrons. The number of carbonyl (C=O) groups is 1. The SMILES string of the molecule is C=CC(=O)OC1CC(C)(C)N(CCCC)C(C)(C)C1. The van der Waals surface area contributed by atoms with Crippen molar-refractivity contribution in [3.05, 3.63) is 12.7 Å². The van der Waals surface area contributed by atoms with E-state index < -0.39 is 0 Å². The van der Waals surface area contributed by atoms with Gasteiger partial charge < -0.3 is 4.74 Å². The van der Waals surface area contributed by atoms with Crippen LogP contribution in [0.15, 0.2) is 12.7 Å². The second kappa shape index (κ2) is 6.08. The van der Waals surface area contributed by atoms with Crippen molar-refractivity contribution < 1.29 is 9.53 Å². The van der Waals surface area contributed by atoms with Gasteiger partial charge in [-0.2, -0.15) is 0 Å². The van der Waals surface area contributed by atoms with Crippen LogP contribution < -0.4 is 0 Å². The molecule has 3 nitrogen and oxygen atoms in total. The molecule has 1 fully saturated rings. The van der Waals surface area contributed by atoms with E-state index in [4.69, 9.17) is 4.74 Å². The number of rotatable bonds is 5. The number of piperidine rings is 1. The summed E-state index contributed by atoms with van der Waals surface area (Å²) >= 11 is 0. The average Bonchev–Trinajstić information content (AvgIpc) is 2.25. The Bertz CT molecular complexity index is 316. The second-order valence-electron chi connectivity index (χ2n) is 6.80. The topological polar surface area (TPSA) is 29.5 Å². The van der Waals surface area contributed by atoms with Gasteiger partial charge in [0, 0.05) is 30.0 Å². The van der Waals surface area contributed by atoms with Crippen LogP contribution in [0.3, 0.4) is 0 Å². The number of ether oxygens (including phenoxy) is 1. The first-order valence-electron chi connectivity index (χ1n) is 7.34. The minimum absolute atomic E-state index is 0.00613. The standard InChI is InChI=1S/C16H29NO2/c1-7-9-10-17-15(3,4)11-13(12-16(17,5)6)19-14(18)8-2/h8,13H,2,7,9-12H2,1,3-6H3. The minimum Gasteiger partial charge on any atom is -0.459 e. The molecule has 0 aromatic rings. The Morgan fingerprint density at radius 2 is 1.84 bits per heavy atom. The van der Waals surface area contributed by atoms with Gasteiger partial charge in [0.15, 0.2) is 0 Å². The zero-order valence-corrected chi connectivity index (χ0v) is 13.2. The van der Waals surface area contributed by atoms with Gasteiger partial charge in [0.1, 0.15) is 6.10 Å². The third kappa shape index (κ3) is 4.07. The molecule has 1 aliphatic heterocycles. The molecule has 0 N–H and O–H groups in total. The van der Waals surface area contributed by atoms with Crippen LogP contribution in [-0.4, -0.2) is 34.6 Å². The van der Waals surface area contributed by atoms with E-state index in [2.05, 4.69) is 46.1 Å². The lowest BCUT2D eigenvalue weighted by Crippen LogP contribution is -2.62. The van der Waals surface area contributed by atoms with E-state index in [-0.39, 0.29) is 23.2 Å². The molecular weight excluding hydrogens is 238 g/mol. The van der Waals surface area contributed by atoms with Gasteiger partial charge in [0.05, 0.1) is 0 Å². The molecule has 0 bridgehead atoms. The van der Waals surface area contributed by atoms with E-state index in [0.29, 0.717) is 0 Å². The first kappa shape index (κ1) is 16.2. The summed E-state index contributed by atoms with van der Waals surface area (Å²) in [5.41, 5.74) is 0.117. The quantitative estimate of drug-likeness (QED) is 0.563. The zero-order chi connectivity index (χ0) is 14.7. The van der Waals surface area contributed by atoms with Gasteiger partial charge in [0.2, 0.25) is 0 Å². The van der Waals surface area contributed by atoms with Crippen molar-refractivity contribution in [1.82, 2.24) is 4.90 Å². The molecule has 0 unspecified atom stereocenters. The van der Waals surface area contributed by atoms with Gasteiger partial charge in [-0.15, -0.1) is 0 Å². The molecule has 3 heteroatoms. The van der Waals surface area contributed by atoms with Crippen LogP contribution in [0.1, 0.15) is 60.3 Å². The van der Waals surface area contributed by atoms with Crippen molar-refractivity contribution in [3.63, 3.8) is 0 Å². The van der Waals surface area contributed by atoms with E-state index in [1.165, 1.54) is 18.9 Å². The summed E-state index contributed by atoms with van der Waals surface area (Å²) in [5, 5.41) is 0. The third-order valence-electron chi connectivity index (χ3n) is 4.10. The zero-order valence-electron chi connectivity index (χ0n) is 13.2. The molecule has 0 amide bonds. The summed E-state index contributed by atoms with van der Waals surface area (Å²) in [6.45, 7) is 15.8. The number of esters is 1. The number of unbranched alkanes of at least 4 members (excludes halogenated alkanes) is 1. The average molecular weight is 267 g/mol. The smallest absolute Gasteiger partial charge is 0.330 e. The molecule has 1 rings (SSSR count). The maximum atomic E-state index is 11.4. The van der Waals surface area contributed by atoms with E-state index >= 15 is 0 Å². The van der Waals surface area contributed by atoms with Crippen molar-refractivity contribution in [2.24, 2.45) is 0 Å². The van der Waals surface area contributed by atoms with Crippen LogP contribution in [0.4, 0.5) is 0 Å². The molecule has 1 heterocycles. The van der Waals surface area contributed by atoms with Gasteiger partial charge in [-0.3, -0.25) is 4.90 Å². The maximum absolute atomic E-state index is 11.4. The van der Waals surface area contributed by atoms with Crippen LogP contribution in [0.2, 0.25) is 0 Å². The first-order valence-corrected chi connectivity index (χ1v) is 7.34. The van der Waals surface area contributed by atoms with Gasteiger partial charge in [-0.25, -0.2) is 4.79 Å². The number of hydrogen-bond donors (Lipinski definition) is 0. The number of hydrogen-bond acceptors (Lipinski definition) is 3. The van der Waals surface area contributed by atoms with Gasteiger partial charge in [-0.05, 0) is 40.7 Å². The molecule has 0 spiro atoms. The highest BCUT2D eigenvalue weighted by Crippen LogP contribution is 2.39. The van der Waals surface area contributed by atoms with Gasteiger partial charge in [0.25, 0.3) is 0 Å². The Hall–Kier alpha value is -0.830. The summed E-state index contributed by atoms with van der Waals surface area (Å²) in [4.78, 5) is 14.0. The Kier molecular flexibility index (Phi) is 5.19. The number of nitrogens with zero attached hydrogens (tertiary/aromatic N) is 1. The lowest BCUT2D eigenvalue weighted by Gasteiger charge is -2.55. The largest absolute Gasteiger partial charge is 0.459 e. The Labute approximate surface area is 118 Å².